The molecule has 8 nitrogen and oxygen atoms in total. The molecule has 0 bridgehead atoms. The first-order valence-electron chi connectivity index (χ1n) is 12.3. The molecule has 0 aromatic heterocycles. The number of esters is 1. The van der Waals surface area contributed by atoms with Crippen molar-refractivity contribution in [1.29, 1.82) is 0 Å². The molecule has 8 heteroatoms. The van der Waals surface area contributed by atoms with Gasteiger partial charge >= 0.3 is 12.1 Å². The largest absolute Gasteiger partial charge is 0.508 e. The quantitative estimate of drug-likeness (QED) is 0.238. The van der Waals surface area contributed by atoms with Crippen LogP contribution in [0.3, 0.4) is 0 Å². The zero-order valence-corrected chi connectivity index (χ0v) is 21.5. The number of ether oxygens (including phenoxy) is 4. The molecule has 0 N–H and O–H groups in total. The van der Waals surface area contributed by atoms with Crippen molar-refractivity contribution in [3.8, 4) is 5.75 Å². The zero-order valence-electron chi connectivity index (χ0n) is 21.5. The Kier molecular flexibility index (Phi) is 8.96. The van der Waals surface area contributed by atoms with Crippen LogP contribution in [-0.4, -0.2) is 54.9 Å². The van der Waals surface area contributed by atoms with Crippen LogP contribution in [0, 0.1) is 18.8 Å². The van der Waals surface area contributed by atoms with Crippen LogP contribution in [0.1, 0.15) is 38.3 Å². The van der Waals surface area contributed by atoms with E-state index in [1.165, 1.54) is 22.6 Å². The van der Waals surface area contributed by atoms with E-state index in [-0.39, 0.29) is 43.4 Å². The number of fused-ring (bicyclic) bond motifs is 1. The summed E-state index contributed by atoms with van der Waals surface area (Å²) in [5, 5.41) is 0. The maximum absolute atomic E-state index is 13.2. The molecule has 2 heterocycles. The first-order chi connectivity index (χ1) is 17.2. The fourth-order valence-corrected chi connectivity index (χ4v) is 4.87. The SMILES string of the molecule is C=CCOC(=O)OC(C)C1C(=O)N2C(C(=O)OCC=C)=C(COc3ccc(CCC)cc3C)C(C)[C@H]12. The van der Waals surface area contributed by atoms with Crippen LogP contribution in [-0.2, 0) is 30.2 Å². The molecule has 36 heavy (non-hydrogen) atoms. The summed E-state index contributed by atoms with van der Waals surface area (Å²) in [6.07, 6.45) is 3.33. The monoisotopic (exact) mass is 497 g/mol. The summed E-state index contributed by atoms with van der Waals surface area (Å²) in [5.41, 5.74) is 3.10. The predicted molar refractivity (Wildman–Crippen MR) is 134 cm³/mol. The summed E-state index contributed by atoms with van der Waals surface area (Å²) in [6.45, 7) is 14.9. The van der Waals surface area contributed by atoms with Gasteiger partial charge in [0.2, 0.25) is 5.91 Å². The van der Waals surface area contributed by atoms with E-state index in [2.05, 4.69) is 26.1 Å². The average Bonchev–Trinajstić information content (AvgIpc) is 3.08. The van der Waals surface area contributed by atoms with E-state index in [1.807, 2.05) is 26.0 Å². The summed E-state index contributed by atoms with van der Waals surface area (Å²) in [6, 6.07) is 5.71. The highest BCUT2D eigenvalue weighted by Gasteiger charge is 2.61. The molecule has 3 unspecified atom stereocenters. The Labute approximate surface area is 212 Å². The van der Waals surface area contributed by atoms with Gasteiger partial charge in [-0.2, -0.15) is 0 Å². The number of carbonyl (C=O) groups is 3. The minimum Gasteiger partial charge on any atom is -0.489 e. The number of nitrogens with zero attached hydrogens (tertiary/aromatic N) is 1. The maximum Gasteiger partial charge on any atom is 0.508 e. The van der Waals surface area contributed by atoms with Gasteiger partial charge < -0.3 is 23.8 Å². The number of carbonyl (C=O) groups excluding carboxylic acids is 3. The number of benzene rings is 1. The summed E-state index contributed by atoms with van der Waals surface area (Å²) in [5.74, 6) is -1.03. The number of aryl methyl sites for hydroxylation is 2. The van der Waals surface area contributed by atoms with Crippen molar-refractivity contribution in [2.75, 3.05) is 19.8 Å². The molecule has 1 aromatic rings. The van der Waals surface area contributed by atoms with Crippen LogP contribution in [0.4, 0.5) is 4.79 Å². The molecule has 194 valence electrons. The predicted octanol–water partition coefficient (Wildman–Crippen LogP) is 4.51. The molecule has 4 atom stereocenters. The summed E-state index contributed by atoms with van der Waals surface area (Å²) in [4.78, 5) is 39.5. The Morgan fingerprint density at radius 1 is 1.17 bits per heavy atom. The Balaban J connectivity index is 1.81. The zero-order chi connectivity index (χ0) is 26.4. The van der Waals surface area contributed by atoms with Crippen molar-refractivity contribution in [2.24, 2.45) is 11.8 Å². The number of β-lactam (4-membered cyclic amide) rings is 1. The molecule has 0 aliphatic carbocycles. The van der Waals surface area contributed by atoms with E-state index in [4.69, 9.17) is 18.9 Å². The second kappa shape index (κ2) is 11.9. The summed E-state index contributed by atoms with van der Waals surface area (Å²) in [7, 11) is 0. The van der Waals surface area contributed by atoms with Crippen molar-refractivity contribution >= 4 is 18.0 Å². The number of hydrogen-bond acceptors (Lipinski definition) is 7. The van der Waals surface area contributed by atoms with Crippen LogP contribution in [0.15, 0.2) is 54.8 Å². The molecule has 1 aromatic carbocycles. The van der Waals surface area contributed by atoms with E-state index >= 15 is 0 Å². The fraction of sp³-hybridized carbons (Fsp3) is 0.464. The van der Waals surface area contributed by atoms with Gasteiger partial charge in [-0.15, -0.1) is 0 Å². The second-order valence-electron chi connectivity index (χ2n) is 9.09. The van der Waals surface area contributed by atoms with E-state index < -0.39 is 24.1 Å². The van der Waals surface area contributed by atoms with Gasteiger partial charge in [0.1, 0.15) is 37.4 Å². The first-order valence-corrected chi connectivity index (χ1v) is 12.3. The average molecular weight is 498 g/mol. The first kappa shape index (κ1) is 27.0. The van der Waals surface area contributed by atoms with E-state index in [0.29, 0.717) is 11.3 Å². The van der Waals surface area contributed by atoms with Crippen LogP contribution < -0.4 is 4.74 Å². The fourth-order valence-electron chi connectivity index (χ4n) is 4.87. The van der Waals surface area contributed by atoms with Crippen LogP contribution in [0.25, 0.3) is 0 Å². The van der Waals surface area contributed by atoms with Crippen molar-refractivity contribution in [3.63, 3.8) is 0 Å². The molecular formula is C28H35NO7. The molecule has 0 radical (unpaired) electrons. The van der Waals surface area contributed by atoms with Crippen molar-refractivity contribution in [2.45, 2.75) is 52.7 Å². The van der Waals surface area contributed by atoms with Gasteiger partial charge in [0.15, 0.2) is 0 Å². The van der Waals surface area contributed by atoms with Crippen LogP contribution in [0.2, 0.25) is 0 Å². The lowest BCUT2D eigenvalue weighted by Crippen LogP contribution is -2.64. The lowest BCUT2D eigenvalue weighted by atomic mass is 9.77. The van der Waals surface area contributed by atoms with Crippen LogP contribution >= 0.6 is 0 Å². The van der Waals surface area contributed by atoms with Gasteiger partial charge in [-0.25, -0.2) is 9.59 Å². The van der Waals surface area contributed by atoms with E-state index in [1.54, 1.807) is 6.92 Å². The lowest BCUT2D eigenvalue weighted by Gasteiger charge is -2.47. The summed E-state index contributed by atoms with van der Waals surface area (Å²) < 4.78 is 21.6. The van der Waals surface area contributed by atoms with Crippen molar-refractivity contribution in [1.82, 2.24) is 4.90 Å². The molecule has 2 aliphatic heterocycles. The van der Waals surface area contributed by atoms with Gasteiger partial charge in [0.25, 0.3) is 0 Å². The normalized spacial score (nSPS) is 21.3. The van der Waals surface area contributed by atoms with Gasteiger partial charge in [-0.1, -0.05) is 57.7 Å². The highest BCUT2D eigenvalue weighted by Crippen LogP contribution is 2.48. The Morgan fingerprint density at radius 2 is 1.86 bits per heavy atom. The topological polar surface area (TPSA) is 91.4 Å². The minimum absolute atomic E-state index is 0.0112. The second-order valence-corrected chi connectivity index (χ2v) is 9.09. The summed E-state index contributed by atoms with van der Waals surface area (Å²) >= 11 is 0. The third-order valence-electron chi connectivity index (χ3n) is 6.59. The Bertz CT molecular complexity index is 1060. The third-order valence-corrected chi connectivity index (χ3v) is 6.59. The molecule has 1 amide bonds. The van der Waals surface area contributed by atoms with Gasteiger partial charge in [-0.3, -0.25) is 4.79 Å². The third kappa shape index (κ3) is 5.48. The van der Waals surface area contributed by atoms with Gasteiger partial charge in [-0.05, 0) is 37.5 Å². The number of amides is 1. The Hall–Kier alpha value is -3.55. The smallest absolute Gasteiger partial charge is 0.489 e. The molecule has 1 fully saturated rings. The maximum atomic E-state index is 13.2. The highest BCUT2D eigenvalue weighted by molar-refractivity contribution is 6.01. The van der Waals surface area contributed by atoms with Crippen LogP contribution in [0.5, 0.6) is 5.75 Å². The number of hydrogen-bond donors (Lipinski definition) is 0. The highest BCUT2D eigenvalue weighted by atomic mass is 16.7. The Morgan fingerprint density at radius 3 is 2.50 bits per heavy atom. The minimum atomic E-state index is -0.872. The van der Waals surface area contributed by atoms with E-state index in [9.17, 15) is 14.4 Å². The molecule has 0 saturated carbocycles. The molecule has 2 aliphatic rings. The lowest BCUT2D eigenvalue weighted by molar-refractivity contribution is -0.164. The molecular weight excluding hydrogens is 462 g/mol. The van der Waals surface area contributed by atoms with Crippen molar-refractivity contribution < 1.29 is 33.3 Å². The number of rotatable bonds is 12. The van der Waals surface area contributed by atoms with Gasteiger partial charge in [0.05, 0.1) is 12.0 Å². The molecule has 1 saturated heterocycles. The van der Waals surface area contributed by atoms with Crippen molar-refractivity contribution in [3.05, 3.63) is 65.9 Å². The standard InChI is InChI=1S/C28H35NO7/c1-7-10-20-11-12-22(17(4)15-20)35-16-21-18(5)24-23(19(6)36-28(32)34-14-9-3)26(30)29(24)25(21)27(31)33-13-8-2/h8-9,11-12,15,18-19,23-24H,2-3,7,10,13-14,16H2,1,4-6H3/t18?,19?,23?,24-/m1/s1. The van der Waals surface area contributed by atoms with E-state index in [0.717, 1.165) is 18.4 Å². The van der Waals surface area contributed by atoms with Gasteiger partial charge in [0, 0.05) is 11.5 Å². The molecule has 0 spiro atoms. The molecule has 3 rings (SSSR count).